The van der Waals surface area contributed by atoms with E-state index in [1.54, 1.807) is 0 Å². The quantitative estimate of drug-likeness (QED) is 0.700. The second kappa shape index (κ2) is 9.01. The largest absolute Gasteiger partial charge is 0.396 e. The number of aliphatic hydroxyl groups excluding tert-OH is 1. The minimum atomic E-state index is 0.252. The Morgan fingerprint density at radius 1 is 1.32 bits per heavy atom. The van der Waals surface area contributed by atoms with E-state index in [1.807, 2.05) is 11.8 Å². The Labute approximate surface area is 129 Å². The number of aliphatic hydroxyl groups is 1. The van der Waals surface area contributed by atoms with E-state index in [0.29, 0.717) is 11.8 Å². The van der Waals surface area contributed by atoms with Gasteiger partial charge in [-0.25, -0.2) is 0 Å². The Bertz CT molecular complexity index is 384. The van der Waals surface area contributed by atoms with Crippen molar-refractivity contribution < 1.29 is 5.11 Å². The molecule has 19 heavy (non-hydrogen) atoms. The molecule has 2 nitrogen and oxygen atoms in total. The van der Waals surface area contributed by atoms with Crippen LogP contribution in [-0.2, 0) is 6.54 Å². The molecule has 1 aromatic rings. The van der Waals surface area contributed by atoms with Crippen LogP contribution in [0.5, 0.6) is 0 Å². The van der Waals surface area contributed by atoms with Gasteiger partial charge in [0.05, 0.1) is 0 Å². The predicted octanol–water partition coefficient (Wildman–Crippen LogP) is 3.92. The van der Waals surface area contributed by atoms with Crippen molar-refractivity contribution in [2.75, 3.05) is 18.9 Å². The summed E-state index contributed by atoms with van der Waals surface area (Å²) < 4.78 is 1.11. The van der Waals surface area contributed by atoms with Gasteiger partial charge in [-0.2, -0.15) is 0 Å². The predicted molar refractivity (Wildman–Crippen MR) is 87.7 cm³/mol. The molecule has 1 aromatic carbocycles. The van der Waals surface area contributed by atoms with Crippen LogP contribution < -0.4 is 5.32 Å². The minimum Gasteiger partial charge on any atom is -0.396 e. The fourth-order valence-corrected chi connectivity index (χ4v) is 3.21. The lowest BCUT2D eigenvalue weighted by molar-refractivity contribution is 0.250. The van der Waals surface area contributed by atoms with E-state index in [1.165, 1.54) is 10.5 Å². The van der Waals surface area contributed by atoms with Crippen molar-refractivity contribution in [1.29, 1.82) is 0 Å². The number of hydrogen-bond acceptors (Lipinski definition) is 3. The monoisotopic (exact) mass is 345 g/mol. The van der Waals surface area contributed by atoms with Crippen LogP contribution in [0.4, 0.5) is 0 Å². The zero-order valence-electron chi connectivity index (χ0n) is 11.9. The highest BCUT2D eigenvalue weighted by atomic mass is 79.9. The molecular formula is C15H24BrNOS. The summed E-state index contributed by atoms with van der Waals surface area (Å²) >= 11 is 5.35. The number of rotatable bonds is 8. The summed E-state index contributed by atoms with van der Waals surface area (Å²) in [7, 11) is 0. The number of hydrogen-bond donors (Lipinski definition) is 2. The standard InChI is InChI=1S/C15H24BrNOS/c1-11(2)7-17-8-13-4-5-14(16)6-15(13)19-10-12(3)9-18/h4-6,11-12,17-18H,7-10H2,1-3H3. The van der Waals surface area contributed by atoms with Gasteiger partial charge in [-0.15, -0.1) is 11.8 Å². The first-order chi connectivity index (χ1) is 9.02. The first-order valence-corrected chi connectivity index (χ1v) is 8.53. The molecule has 0 fully saturated rings. The second-order valence-corrected chi connectivity index (χ2v) is 7.35. The SMILES string of the molecule is CC(C)CNCc1ccc(Br)cc1SCC(C)CO. The van der Waals surface area contributed by atoms with E-state index in [-0.39, 0.29) is 6.61 Å². The van der Waals surface area contributed by atoms with Crippen LogP contribution >= 0.6 is 27.7 Å². The van der Waals surface area contributed by atoms with Crippen molar-refractivity contribution in [1.82, 2.24) is 5.32 Å². The number of halogens is 1. The molecular weight excluding hydrogens is 322 g/mol. The van der Waals surface area contributed by atoms with Crippen molar-refractivity contribution in [2.24, 2.45) is 11.8 Å². The van der Waals surface area contributed by atoms with Gasteiger partial charge in [-0.05, 0) is 36.1 Å². The van der Waals surface area contributed by atoms with Gasteiger partial charge in [0.25, 0.3) is 0 Å². The first-order valence-electron chi connectivity index (χ1n) is 6.75. The molecule has 1 atom stereocenters. The average molecular weight is 346 g/mol. The topological polar surface area (TPSA) is 32.3 Å². The lowest BCUT2D eigenvalue weighted by atomic mass is 10.2. The summed E-state index contributed by atoms with van der Waals surface area (Å²) in [6.07, 6.45) is 0. The van der Waals surface area contributed by atoms with Gasteiger partial charge in [0.2, 0.25) is 0 Å². The van der Waals surface area contributed by atoms with Crippen molar-refractivity contribution in [3.05, 3.63) is 28.2 Å². The third-order valence-corrected chi connectivity index (χ3v) is 4.65. The highest BCUT2D eigenvalue weighted by molar-refractivity contribution is 9.10. The van der Waals surface area contributed by atoms with Gasteiger partial charge in [0.15, 0.2) is 0 Å². The Hall–Kier alpha value is -0.0300. The molecule has 0 aromatic heterocycles. The van der Waals surface area contributed by atoms with E-state index >= 15 is 0 Å². The molecule has 0 saturated heterocycles. The fourth-order valence-electron chi connectivity index (χ4n) is 1.59. The maximum absolute atomic E-state index is 9.10. The molecule has 0 heterocycles. The Morgan fingerprint density at radius 2 is 2.05 bits per heavy atom. The van der Waals surface area contributed by atoms with Gasteiger partial charge in [-0.1, -0.05) is 42.8 Å². The van der Waals surface area contributed by atoms with E-state index in [0.717, 1.165) is 23.3 Å². The van der Waals surface area contributed by atoms with Crippen molar-refractivity contribution in [3.63, 3.8) is 0 Å². The van der Waals surface area contributed by atoms with E-state index in [2.05, 4.69) is 60.2 Å². The smallest absolute Gasteiger partial charge is 0.0464 e. The fraction of sp³-hybridized carbons (Fsp3) is 0.600. The van der Waals surface area contributed by atoms with Crippen LogP contribution in [-0.4, -0.2) is 24.0 Å². The normalized spacial score (nSPS) is 12.9. The van der Waals surface area contributed by atoms with Crippen LogP contribution in [0.2, 0.25) is 0 Å². The van der Waals surface area contributed by atoms with E-state index in [4.69, 9.17) is 5.11 Å². The lowest BCUT2D eigenvalue weighted by Gasteiger charge is -2.13. The molecule has 1 unspecified atom stereocenters. The highest BCUT2D eigenvalue weighted by Crippen LogP contribution is 2.28. The number of thioether (sulfide) groups is 1. The summed E-state index contributed by atoms with van der Waals surface area (Å²) in [6.45, 7) is 8.69. The Kier molecular flexibility index (Phi) is 8.07. The molecule has 0 aliphatic carbocycles. The van der Waals surface area contributed by atoms with Crippen LogP contribution in [0.25, 0.3) is 0 Å². The summed E-state index contributed by atoms with van der Waals surface area (Å²) in [6, 6.07) is 6.43. The van der Waals surface area contributed by atoms with Gasteiger partial charge in [-0.3, -0.25) is 0 Å². The van der Waals surface area contributed by atoms with Crippen LogP contribution in [0.15, 0.2) is 27.6 Å². The molecule has 4 heteroatoms. The van der Waals surface area contributed by atoms with Crippen LogP contribution in [0, 0.1) is 11.8 Å². The summed E-state index contributed by atoms with van der Waals surface area (Å²) in [4.78, 5) is 1.30. The minimum absolute atomic E-state index is 0.252. The summed E-state index contributed by atoms with van der Waals surface area (Å²) in [5, 5.41) is 12.6. The summed E-state index contributed by atoms with van der Waals surface area (Å²) in [5.74, 6) is 1.95. The van der Waals surface area contributed by atoms with Crippen molar-refractivity contribution >= 4 is 27.7 Å². The van der Waals surface area contributed by atoms with Gasteiger partial charge < -0.3 is 10.4 Å². The molecule has 0 spiro atoms. The van der Waals surface area contributed by atoms with Gasteiger partial charge in [0, 0.05) is 28.3 Å². The third kappa shape index (κ3) is 6.80. The summed E-state index contributed by atoms with van der Waals surface area (Å²) in [5.41, 5.74) is 1.33. The molecule has 108 valence electrons. The maximum atomic E-state index is 9.10. The average Bonchev–Trinajstić information content (AvgIpc) is 2.37. The van der Waals surface area contributed by atoms with Crippen molar-refractivity contribution in [3.8, 4) is 0 Å². The van der Waals surface area contributed by atoms with Crippen molar-refractivity contribution in [2.45, 2.75) is 32.2 Å². The zero-order chi connectivity index (χ0) is 14.3. The van der Waals surface area contributed by atoms with Gasteiger partial charge >= 0.3 is 0 Å². The lowest BCUT2D eigenvalue weighted by Crippen LogP contribution is -2.19. The second-order valence-electron chi connectivity index (χ2n) is 5.38. The van der Waals surface area contributed by atoms with Crippen LogP contribution in [0.3, 0.4) is 0 Å². The molecule has 0 bridgehead atoms. The number of nitrogens with one attached hydrogen (secondary N) is 1. The molecule has 0 saturated carbocycles. The zero-order valence-corrected chi connectivity index (χ0v) is 14.4. The maximum Gasteiger partial charge on any atom is 0.0464 e. The van der Waals surface area contributed by atoms with Crippen LogP contribution in [0.1, 0.15) is 26.3 Å². The highest BCUT2D eigenvalue weighted by Gasteiger charge is 2.07. The molecule has 2 N–H and O–H groups in total. The Balaban J connectivity index is 2.63. The first kappa shape index (κ1) is 17.0. The molecule has 0 aliphatic rings. The third-order valence-electron chi connectivity index (χ3n) is 2.73. The molecule has 0 amide bonds. The molecule has 0 radical (unpaired) electrons. The Morgan fingerprint density at radius 3 is 2.68 bits per heavy atom. The van der Waals surface area contributed by atoms with E-state index < -0.39 is 0 Å². The van der Waals surface area contributed by atoms with E-state index in [9.17, 15) is 0 Å². The number of benzene rings is 1. The molecule has 0 aliphatic heterocycles. The van der Waals surface area contributed by atoms with Gasteiger partial charge in [0.1, 0.15) is 0 Å². The molecule has 1 rings (SSSR count).